The monoisotopic (exact) mass is 243 g/mol. The molecule has 2 rings (SSSR count). The Hall–Kier alpha value is -1.41. The first-order valence-corrected chi connectivity index (χ1v) is 6.83. The minimum atomic E-state index is 0.864. The number of thioether (sulfide) groups is 1. The summed E-state index contributed by atoms with van der Waals surface area (Å²) in [5.41, 5.74) is 9.50. The summed E-state index contributed by atoms with van der Waals surface area (Å²) in [5, 5.41) is 0. The summed E-state index contributed by atoms with van der Waals surface area (Å²) in [5.74, 6) is 0.970. The third-order valence-corrected chi connectivity index (χ3v) is 3.91. The summed E-state index contributed by atoms with van der Waals surface area (Å²) < 4.78 is 0. The molecule has 0 spiro atoms. The lowest BCUT2D eigenvalue weighted by Gasteiger charge is -2.05. The Morgan fingerprint density at radius 2 is 1.59 bits per heavy atom. The van der Waals surface area contributed by atoms with Crippen molar-refractivity contribution in [2.75, 3.05) is 5.73 Å². The molecule has 0 unspecified atom stereocenters. The average Bonchev–Trinajstić information content (AvgIpc) is 2.38. The fraction of sp³-hybridized carbons (Fsp3) is 0.200. The van der Waals surface area contributed by atoms with Gasteiger partial charge in [-0.15, -0.1) is 11.8 Å². The number of anilines is 1. The number of rotatable bonds is 4. The Bertz CT molecular complexity index is 477. The summed E-state index contributed by atoms with van der Waals surface area (Å²) in [6.45, 7) is 2.18. The number of para-hydroxylation sites is 1. The van der Waals surface area contributed by atoms with Gasteiger partial charge in [0.15, 0.2) is 0 Å². The van der Waals surface area contributed by atoms with Crippen LogP contribution in [0.25, 0.3) is 0 Å². The maximum absolute atomic E-state index is 5.91. The lowest BCUT2D eigenvalue weighted by Crippen LogP contribution is -1.88. The molecular formula is C15H17NS. The highest BCUT2D eigenvalue weighted by molar-refractivity contribution is 7.98. The zero-order chi connectivity index (χ0) is 12.1. The molecule has 0 saturated heterocycles. The summed E-state index contributed by atoms with van der Waals surface area (Å²) in [7, 11) is 0. The molecule has 2 aromatic carbocycles. The van der Waals surface area contributed by atoms with Crippen LogP contribution in [0.3, 0.4) is 0 Å². The maximum atomic E-state index is 5.91. The van der Waals surface area contributed by atoms with Crippen molar-refractivity contribution in [1.29, 1.82) is 0 Å². The quantitative estimate of drug-likeness (QED) is 0.645. The molecule has 0 fully saturated rings. The van der Waals surface area contributed by atoms with E-state index in [-0.39, 0.29) is 0 Å². The fourth-order valence-electron chi connectivity index (χ4n) is 1.64. The highest BCUT2D eigenvalue weighted by Crippen LogP contribution is 2.27. The van der Waals surface area contributed by atoms with Crippen LogP contribution in [0.15, 0.2) is 53.4 Å². The molecule has 0 heterocycles. The van der Waals surface area contributed by atoms with Crippen molar-refractivity contribution in [2.24, 2.45) is 0 Å². The third-order valence-electron chi connectivity index (χ3n) is 2.74. The average molecular weight is 243 g/mol. The van der Waals surface area contributed by atoms with Gasteiger partial charge in [0.05, 0.1) is 0 Å². The number of benzene rings is 2. The summed E-state index contributed by atoms with van der Waals surface area (Å²) >= 11 is 1.79. The normalized spacial score (nSPS) is 10.4. The zero-order valence-electron chi connectivity index (χ0n) is 10.0. The molecule has 0 aliphatic heterocycles. The minimum Gasteiger partial charge on any atom is -0.398 e. The van der Waals surface area contributed by atoms with Crippen molar-refractivity contribution in [3.63, 3.8) is 0 Å². The Balaban J connectivity index is 2.00. The van der Waals surface area contributed by atoms with Crippen LogP contribution >= 0.6 is 11.8 Å². The van der Waals surface area contributed by atoms with Gasteiger partial charge < -0.3 is 5.73 Å². The Kier molecular flexibility index (Phi) is 4.10. The summed E-state index contributed by atoms with van der Waals surface area (Å²) in [4.78, 5) is 1.16. The Labute approximate surface area is 107 Å². The van der Waals surface area contributed by atoms with E-state index >= 15 is 0 Å². The smallest absolute Gasteiger partial charge is 0.0452 e. The van der Waals surface area contributed by atoms with Crippen molar-refractivity contribution >= 4 is 17.4 Å². The first-order valence-electron chi connectivity index (χ1n) is 5.84. The van der Waals surface area contributed by atoms with E-state index in [1.54, 1.807) is 11.8 Å². The fourth-order valence-corrected chi connectivity index (χ4v) is 2.57. The van der Waals surface area contributed by atoms with Crippen LogP contribution in [-0.2, 0) is 12.2 Å². The van der Waals surface area contributed by atoms with Crippen LogP contribution in [0.5, 0.6) is 0 Å². The number of nitrogen functional groups attached to an aromatic ring is 1. The molecule has 0 bridgehead atoms. The predicted molar refractivity (Wildman–Crippen MR) is 76.2 cm³/mol. The lowest BCUT2D eigenvalue weighted by molar-refractivity contribution is 1.13. The van der Waals surface area contributed by atoms with Crippen LogP contribution in [-0.4, -0.2) is 0 Å². The standard InChI is InChI=1S/C15H17NS/c1-2-12-7-9-13(10-8-12)11-17-15-6-4-3-5-14(15)16/h3-10H,2,11,16H2,1H3. The van der Waals surface area contributed by atoms with Crippen molar-refractivity contribution in [1.82, 2.24) is 0 Å². The Morgan fingerprint density at radius 1 is 0.941 bits per heavy atom. The molecule has 0 aliphatic rings. The van der Waals surface area contributed by atoms with E-state index < -0.39 is 0 Å². The first-order chi connectivity index (χ1) is 8.29. The maximum Gasteiger partial charge on any atom is 0.0452 e. The van der Waals surface area contributed by atoms with Crippen LogP contribution in [0.1, 0.15) is 18.1 Å². The molecule has 0 atom stereocenters. The molecule has 2 aromatic rings. The predicted octanol–water partition coefficient (Wildman–Crippen LogP) is 4.12. The van der Waals surface area contributed by atoms with Crippen molar-refractivity contribution in [2.45, 2.75) is 24.0 Å². The third kappa shape index (κ3) is 3.27. The van der Waals surface area contributed by atoms with Crippen LogP contribution in [0, 0.1) is 0 Å². The van der Waals surface area contributed by atoms with Gasteiger partial charge in [0.1, 0.15) is 0 Å². The second-order valence-corrected chi connectivity index (χ2v) is 5.01. The topological polar surface area (TPSA) is 26.0 Å². The van der Waals surface area contributed by atoms with Crippen molar-refractivity contribution in [3.05, 3.63) is 59.7 Å². The van der Waals surface area contributed by atoms with Gasteiger partial charge in [-0.3, -0.25) is 0 Å². The first kappa shape index (κ1) is 12.1. The molecule has 2 N–H and O–H groups in total. The molecule has 88 valence electrons. The highest BCUT2D eigenvalue weighted by Gasteiger charge is 1.99. The van der Waals surface area contributed by atoms with Gasteiger partial charge in [-0.2, -0.15) is 0 Å². The summed E-state index contributed by atoms with van der Waals surface area (Å²) in [6, 6.07) is 16.8. The van der Waals surface area contributed by atoms with E-state index in [1.807, 2.05) is 18.2 Å². The van der Waals surface area contributed by atoms with E-state index in [9.17, 15) is 0 Å². The molecular weight excluding hydrogens is 226 g/mol. The van der Waals surface area contributed by atoms with Crippen molar-refractivity contribution in [3.8, 4) is 0 Å². The van der Waals surface area contributed by atoms with Gasteiger partial charge in [-0.1, -0.05) is 43.3 Å². The number of hydrogen-bond acceptors (Lipinski definition) is 2. The van der Waals surface area contributed by atoms with Crippen LogP contribution in [0.2, 0.25) is 0 Å². The molecule has 1 nitrogen and oxygen atoms in total. The van der Waals surface area contributed by atoms with Gasteiger partial charge in [0.2, 0.25) is 0 Å². The molecule has 0 aliphatic carbocycles. The van der Waals surface area contributed by atoms with Gasteiger partial charge in [0.25, 0.3) is 0 Å². The molecule has 2 heteroatoms. The SMILES string of the molecule is CCc1ccc(CSc2ccccc2N)cc1. The van der Waals surface area contributed by atoms with E-state index in [1.165, 1.54) is 11.1 Å². The highest BCUT2D eigenvalue weighted by atomic mass is 32.2. The van der Waals surface area contributed by atoms with Gasteiger partial charge in [0, 0.05) is 16.3 Å². The molecule has 17 heavy (non-hydrogen) atoms. The minimum absolute atomic E-state index is 0.864. The molecule has 0 radical (unpaired) electrons. The van der Waals surface area contributed by atoms with E-state index in [0.29, 0.717) is 0 Å². The lowest BCUT2D eigenvalue weighted by atomic mass is 10.1. The van der Waals surface area contributed by atoms with Gasteiger partial charge in [-0.25, -0.2) is 0 Å². The zero-order valence-corrected chi connectivity index (χ0v) is 10.8. The van der Waals surface area contributed by atoms with E-state index in [0.717, 1.165) is 22.8 Å². The second kappa shape index (κ2) is 5.78. The van der Waals surface area contributed by atoms with Crippen LogP contribution < -0.4 is 5.73 Å². The molecule has 0 aromatic heterocycles. The number of hydrogen-bond donors (Lipinski definition) is 1. The molecule has 0 amide bonds. The van der Waals surface area contributed by atoms with Gasteiger partial charge >= 0.3 is 0 Å². The number of nitrogens with two attached hydrogens (primary N) is 1. The number of aryl methyl sites for hydroxylation is 1. The van der Waals surface area contributed by atoms with Gasteiger partial charge in [-0.05, 0) is 29.7 Å². The summed E-state index contributed by atoms with van der Waals surface area (Å²) in [6.07, 6.45) is 1.10. The second-order valence-electron chi connectivity index (χ2n) is 4.00. The molecule has 0 saturated carbocycles. The largest absolute Gasteiger partial charge is 0.398 e. The van der Waals surface area contributed by atoms with E-state index in [2.05, 4.69) is 37.3 Å². The van der Waals surface area contributed by atoms with Crippen LogP contribution in [0.4, 0.5) is 5.69 Å². The van der Waals surface area contributed by atoms with Crippen molar-refractivity contribution < 1.29 is 0 Å². The Morgan fingerprint density at radius 3 is 2.24 bits per heavy atom. The van der Waals surface area contributed by atoms with E-state index in [4.69, 9.17) is 5.73 Å².